The topological polar surface area (TPSA) is 122 Å². The Bertz CT molecular complexity index is 1060. The number of carbonyl (C=O) groups excluding carboxylic acids is 5. The van der Waals surface area contributed by atoms with Crippen molar-refractivity contribution in [1.29, 1.82) is 0 Å². The molecule has 2 fully saturated rings. The lowest BCUT2D eigenvalue weighted by atomic mass is 9.67. The van der Waals surface area contributed by atoms with Gasteiger partial charge in [0.15, 0.2) is 5.78 Å². The van der Waals surface area contributed by atoms with Gasteiger partial charge in [0, 0.05) is 24.0 Å². The Morgan fingerprint density at radius 3 is 2.43 bits per heavy atom. The van der Waals surface area contributed by atoms with Crippen molar-refractivity contribution >= 4 is 29.7 Å². The quantitative estimate of drug-likeness (QED) is 0.316. The molecule has 0 radical (unpaired) electrons. The number of hydrogen-bond donors (Lipinski definition) is 0. The maximum absolute atomic E-state index is 13.2. The van der Waals surface area contributed by atoms with Crippen LogP contribution in [0.1, 0.15) is 34.6 Å². The second kappa shape index (κ2) is 9.64. The molecule has 0 amide bonds. The maximum atomic E-state index is 13.2. The molecule has 0 aromatic carbocycles. The Morgan fingerprint density at radius 1 is 1.17 bits per heavy atom. The van der Waals surface area contributed by atoms with Crippen molar-refractivity contribution < 1.29 is 42.9 Å². The van der Waals surface area contributed by atoms with E-state index >= 15 is 0 Å². The second-order valence-electron chi connectivity index (χ2n) is 9.36. The molecule has 2 aliphatic carbocycles. The summed E-state index contributed by atoms with van der Waals surface area (Å²) in [7, 11) is 0. The van der Waals surface area contributed by atoms with Crippen LogP contribution in [0.15, 0.2) is 48.1 Å². The lowest BCUT2D eigenvalue weighted by molar-refractivity contribution is -0.167. The molecule has 1 saturated heterocycles. The van der Waals surface area contributed by atoms with Gasteiger partial charge in [-0.3, -0.25) is 9.59 Å². The minimum atomic E-state index is -1.30. The number of hydrogen-bond acceptors (Lipinski definition) is 9. The Kier molecular flexibility index (Phi) is 7.19. The third-order valence-corrected chi connectivity index (χ3v) is 7.24. The van der Waals surface area contributed by atoms with E-state index in [9.17, 15) is 24.0 Å². The molecular weight excluding hydrogens is 456 g/mol. The highest BCUT2D eigenvalue weighted by Crippen LogP contribution is 2.55. The van der Waals surface area contributed by atoms with E-state index in [2.05, 4.69) is 13.2 Å². The van der Waals surface area contributed by atoms with Crippen molar-refractivity contribution in [3.8, 4) is 0 Å². The zero-order chi connectivity index (χ0) is 26.2. The van der Waals surface area contributed by atoms with Crippen molar-refractivity contribution in [3.63, 3.8) is 0 Å². The van der Waals surface area contributed by atoms with Gasteiger partial charge in [-0.1, -0.05) is 32.2 Å². The molecule has 3 rings (SSSR count). The van der Waals surface area contributed by atoms with Crippen LogP contribution < -0.4 is 0 Å². The number of esters is 4. The molecule has 7 atom stereocenters. The lowest BCUT2D eigenvalue weighted by Crippen LogP contribution is -2.49. The summed E-state index contributed by atoms with van der Waals surface area (Å²) < 4.78 is 22.1. The molecule has 9 heteroatoms. The average Bonchev–Trinajstić information content (AvgIpc) is 3.25. The van der Waals surface area contributed by atoms with Gasteiger partial charge in [0.1, 0.15) is 24.9 Å². The van der Waals surface area contributed by atoms with Gasteiger partial charge in [0.2, 0.25) is 0 Å². The van der Waals surface area contributed by atoms with Crippen molar-refractivity contribution in [2.24, 2.45) is 23.2 Å². The molecule has 188 valence electrons. The molecule has 0 aromatic heterocycles. The summed E-state index contributed by atoms with van der Waals surface area (Å²) in [6.45, 7) is 15.0. The zero-order valence-electron chi connectivity index (χ0n) is 20.5. The Balaban J connectivity index is 2.06. The standard InChI is InChI=1S/C26H30O9/c1-8-12(2)23(29)33-20-14(4)17-9-10-18(28)26(17,7)22(19-15(5)25(31)34-21(19)20)35-24(30)13(3)11-32-16(6)27/h8-10,14,17,19-22H,3,5,11H2,1-2,4,6-7H3. The van der Waals surface area contributed by atoms with E-state index in [1.54, 1.807) is 39.8 Å². The summed E-state index contributed by atoms with van der Waals surface area (Å²) in [6, 6.07) is 0. The van der Waals surface area contributed by atoms with Gasteiger partial charge < -0.3 is 18.9 Å². The van der Waals surface area contributed by atoms with Gasteiger partial charge in [0.25, 0.3) is 0 Å². The molecular formula is C26H30O9. The summed E-state index contributed by atoms with van der Waals surface area (Å²) in [5.41, 5.74) is -1.06. The first kappa shape index (κ1) is 26.1. The molecule has 3 aliphatic rings. The number of carbonyl (C=O) groups is 5. The number of fused-ring (bicyclic) bond motifs is 2. The monoisotopic (exact) mass is 486 g/mol. The van der Waals surface area contributed by atoms with Gasteiger partial charge in [-0.15, -0.1) is 0 Å². The molecule has 9 nitrogen and oxygen atoms in total. The third-order valence-electron chi connectivity index (χ3n) is 7.24. The maximum Gasteiger partial charge on any atom is 0.337 e. The summed E-state index contributed by atoms with van der Waals surface area (Å²) in [6.07, 6.45) is 1.57. The van der Waals surface area contributed by atoms with Crippen LogP contribution in [-0.2, 0) is 42.9 Å². The largest absolute Gasteiger partial charge is 0.461 e. The molecule has 1 saturated carbocycles. The van der Waals surface area contributed by atoms with Crippen molar-refractivity contribution in [2.45, 2.75) is 52.9 Å². The third kappa shape index (κ3) is 4.47. The van der Waals surface area contributed by atoms with Gasteiger partial charge in [-0.2, -0.15) is 0 Å². The Morgan fingerprint density at radius 2 is 1.83 bits per heavy atom. The van der Waals surface area contributed by atoms with E-state index in [-0.39, 0.29) is 16.9 Å². The lowest BCUT2D eigenvalue weighted by Gasteiger charge is -2.39. The van der Waals surface area contributed by atoms with Crippen LogP contribution >= 0.6 is 0 Å². The van der Waals surface area contributed by atoms with E-state index in [1.165, 1.54) is 13.0 Å². The highest BCUT2D eigenvalue weighted by Gasteiger charge is 2.65. The van der Waals surface area contributed by atoms with Crippen LogP contribution in [-0.4, -0.2) is 54.6 Å². The van der Waals surface area contributed by atoms with Crippen LogP contribution in [0.5, 0.6) is 0 Å². The van der Waals surface area contributed by atoms with Crippen LogP contribution in [0.3, 0.4) is 0 Å². The molecule has 35 heavy (non-hydrogen) atoms. The van der Waals surface area contributed by atoms with E-state index in [4.69, 9.17) is 18.9 Å². The van der Waals surface area contributed by atoms with E-state index < -0.39 is 72.0 Å². The van der Waals surface area contributed by atoms with Gasteiger partial charge in [-0.25, -0.2) is 14.4 Å². The van der Waals surface area contributed by atoms with Gasteiger partial charge >= 0.3 is 23.9 Å². The predicted octanol–water partition coefficient (Wildman–Crippen LogP) is 2.40. The number of ketones is 1. The van der Waals surface area contributed by atoms with E-state index in [0.29, 0.717) is 5.57 Å². The Labute approximate surface area is 203 Å². The van der Waals surface area contributed by atoms with Crippen molar-refractivity contribution in [1.82, 2.24) is 0 Å². The van der Waals surface area contributed by atoms with Crippen molar-refractivity contribution in [3.05, 3.63) is 48.1 Å². The predicted molar refractivity (Wildman–Crippen MR) is 122 cm³/mol. The summed E-state index contributed by atoms with van der Waals surface area (Å²) in [5, 5.41) is 0. The minimum Gasteiger partial charge on any atom is -0.461 e. The van der Waals surface area contributed by atoms with Gasteiger partial charge in [0.05, 0.1) is 16.9 Å². The van der Waals surface area contributed by atoms with Crippen LogP contribution in [0.25, 0.3) is 0 Å². The summed E-state index contributed by atoms with van der Waals surface area (Å²) >= 11 is 0. The number of allylic oxidation sites excluding steroid dienone is 3. The first-order chi connectivity index (χ1) is 16.3. The van der Waals surface area contributed by atoms with E-state index in [0.717, 1.165) is 0 Å². The fourth-order valence-corrected chi connectivity index (χ4v) is 5.05. The average molecular weight is 487 g/mol. The molecule has 1 aliphatic heterocycles. The molecule has 0 spiro atoms. The van der Waals surface area contributed by atoms with Crippen LogP contribution in [0.2, 0.25) is 0 Å². The van der Waals surface area contributed by atoms with Crippen LogP contribution in [0.4, 0.5) is 0 Å². The van der Waals surface area contributed by atoms with Crippen LogP contribution in [0, 0.1) is 23.2 Å². The summed E-state index contributed by atoms with van der Waals surface area (Å²) in [4.78, 5) is 62.6. The smallest absolute Gasteiger partial charge is 0.337 e. The first-order valence-electron chi connectivity index (χ1n) is 11.3. The highest BCUT2D eigenvalue weighted by atomic mass is 16.6. The molecule has 0 bridgehead atoms. The fourth-order valence-electron chi connectivity index (χ4n) is 5.05. The molecule has 0 N–H and O–H groups in total. The number of rotatable bonds is 6. The second-order valence-corrected chi connectivity index (χ2v) is 9.36. The SMILES string of the molecule is C=C(COC(C)=O)C(=O)OC1C2C(=C)C(=O)OC2C(OC(=O)C(C)=CC)C(C)C2C=CC(=O)C21C. The van der Waals surface area contributed by atoms with Gasteiger partial charge in [-0.05, 0) is 32.8 Å². The highest BCUT2D eigenvalue weighted by molar-refractivity contribution is 6.00. The normalized spacial score (nSPS) is 33.9. The molecule has 1 heterocycles. The fraction of sp³-hybridized carbons (Fsp3) is 0.500. The molecule has 7 unspecified atom stereocenters. The minimum absolute atomic E-state index is 0.0102. The van der Waals surface area contributed by atoms with E-state index in [1.807, 2.05) is 0 Å². The zero-order valence-corrected chi connectivity index (χ0v) is 20.5. The number of ether oxygens (including phenoxy) is 4. The summed E-state index contributed by atoms with van der Waals surface area (Å²) in [5.74, 6) is -5.05. The Hall–Kier alpha value is -3.49. The van der Waals surface area contributed by atoms with Crippen molar-refractivity contribution in [2.75, 3.05) is 6.61 Å². The first-order valence-corrected chi connectivity index (χ1v) is 11.3. The molecule has 0 aromatic rings.